The lowest BCUT2D eigenvalue weighted by molar-refractivity contribution is -0.148. The molecule has 0 radical (unpaired) electrons. The monoisotopic (exact) mass is 356 g/mol. The van der Waals surface area contributed by atoms with Crippen molar-refractivity contribution in [3.8, 4) is 0 Å². The van der Waals surface area contributed by atoms with Gasteiger partial charge in [-0.15, -0.1) is 0 Å². The first-order chi connectivity index (χ1) is 12.6. The summed E-state index contributed by atoms with van der Waals surface area (Å²) in [6.07, 6.45) is 4.16. The highest BCUT2D eigenvalue weighted by Crippen LogP contribution is 2.44. The van der Waals surface area contributed by atoms with Crippen molar-refractivity contribution < 1.29 is 28.6 Å². The van der Waals surface area contributed by atoms with Crippen LogP contribution in [0.3, 0.4) is 0 Å². The molecule has 1 aromatic carbocycles. The predicted octanol–water partition coefficient (Wildman–Crippen LogP) is 2.15. The number of benzene rings is 1. The quantitative estimate of drug-likeness (QED) is 0.348. The van der Waals surface area contributed by atoms with E-state index < -0.39 is 41.8 Å². The Hall–Kier alpha value is -2.89. The highest BCUT2D eigenvalue weighted by atomic mass is 16.6. The van der Waals surface area contributed by atoms with Crippen molar-refractivity contribution in [3.05, 3.63) is 54.1 Å². The van der Waals surface area contributed by atoms with E-state index in [4.69, 9.17) is 14.2 Å². The molecule has 1 aliphatic carbocycles. The SMILES string of the molecule is CCOC(=O)/C=C(\c1ccccc1)[C@@H]1C=C[C@@H]2C(=O)O[C@H]1[C@H]2C(=O)OC. The first-order valence-corrected chi connectivity index (χ1v) is 8.47. The minimum atomic E-state index is -0.725. The summed E-state index contributed by atoms with van der Waals surface area (Å²) >= 11 is 0. The molecule has 136 valence electrons. The predicted molar refractivity (Wildman–Crippen MR) is 92.6 cm³/mol. The van der Waals surface area contributed by atoms with Crippen LogP contribution in [0.15, 0.2) is 48.6 Å². The summed E-state index contributed by atoms with van der Waals surface area (Å²) < 4.78 is 15.4. The molecule has 3 rings (SSSR count). The van der Waals surface area contributed by atoms with Gasteiger partial charge < -0.3 is 14.2 Å². The van der Waals surface area contributed by atoms with Gasteiger partial charge in [0.05, 0.1) is 19.6 Å². The molecule has 2 aliphatic rings. The van der Waals surface area contributed by atoms with Crippen LogP contribution in [0.5, 0.6) is 0 Å². The second-order valence-electron chi connectivity index (χ2n) is 6.10. The number of esters is 3. The second kappa shape index (κ2) is 7.56. The summed E-state index contributed by atoms with van der Waals surface area (Å²) in [5.41, 5.74) is 1.42. The minimum absolute atomic E-state index is 0.253. The van der Waals surface area contributed by atoms with E-state index in [9.17, 15) is 14.4 Å². The largest absolute Gasteiger partial charge is 0.469 e. The topological polar surface area (TPSA) is 78.9 Å². The zero-order valence-corrected chi connectivity index (χ0v) is 14.6. The van der Waals surface area contributed by atoms with E-state index in [-0.39, 0.29) is 6.61 Å². The molecule has 1 heterocycles. The van der Waals surface area contributed by atoms with Crippen LogP contribution in [0.1, 0.15) is 12.5 Å². The lowest BCUT2D eigenvalue weighted by atomic mass is 9.74. The van der Waals surface area contributed by atoms with Crippen LogP contribution >= 0.6 is 0 Å². The first-order valence-electron chi connectivity index (χ1n) is 8.47. The van der Waals surface area contributed by atoms with Crippen molar-refractivity contribution in [1.82, 2.24) is 0 Å². The van der Waals surface area contributed by atoms with Gasteiger partial charge in [-0.2, -0.15) is 0 Å². The Morgan fingerprint density at radius 2 is 1.92 bits per heavy atom. The van der Waals surface area contributed by atoms with Crippen LogP contribution in [0.25, 0.3) is 5.57 Å². The Kier molecular flexibility index (Phi) is 5.21. The zero-order valence-electron chi connectivity index (χ0n) is 14.6. The highest BCUT2D eigenvalue weighted by Gasteiger charge is 2.54. The van der Waals surface area contributed by atoms with Crippen LogP contribution in [-0.2, 0) is 28.6 Å². The molecular weight excluding hydrogens is 336 g/mol. The standard InChI is InChI=1S/C20H20O6/c1-3-25-16(21)11-15(12-7-5-4-6-8-12)13-9-10-14-17(20(23)24-2)18(13)26-19(14)22/h4-11,13-14,17-18H,3H2,1-2H3/b15-11+/t13-,14-,17-,18+/m0/s1. The maximum atomic E-state index is 12.2. The van der Waals surface area contributed by atoms with Crippen molar-refractivity contribution in [2.45, 2.75) is 13.0 Å². The van der Waals surface area contributed by atoms with Crippen molar-refractivity contribution in [2.24, 2.45) is 17.8 Å². The molecule has 0 saturated carbocycles. The number of hydrogen-bond acceptors (Lipinski definition) is 6. The van der Waals surface area contributed by atoms with E-state index in [1.165, 1.54) is 13.2 Å². The Balaban J connectivity index is 2.03. The Bertz CT molecular complexity index is 764. The van der Waals surface area contributed by atoms with Crippen LogP contribution in [0.2, 0.25) is 0 Å². The van der Waals surface area contributed by atoms with Crippen LogP contribution in [0.4, 0.5) is 0 Å². The van der Waals surface area contributed by atoms with Gasteiger partial charge in [0.25, 0.3) is 0 Å². The maximum Gasteiger partial charge on any atom is 0.331 e. The highest BCUT2D eigenvalue weighted by molar-refractivity contribution is 5.94. The van der Waals surface area contributed by atoms with E-state index in [0.717, 1.165) is 5.56 Å². The molecule has 1 aliphatic heterocycles. The van der Waals surface area contributed by atoms with Crippen molar-refractivity contribution in [3.63, 3.8) is 0 Å². The summed E-state index contributed by atoms with van der Waals surface area (Å²) in [7, 11) is 1.28. The van der Waals surface area contributed by atoms with Gasteiger partial charge in [-0.05, 0) is 18.1 Å². The lowest BCUT2D eigenvalue weighted by Crippen LogP contribution is -2.37. The summed E-state index contributed by atoms with van der Waals surface area (Å²) in [5, 5.41) is 0. The summed E-state index contributed by atoms with van der Waals surface area (Å²) in [6, 6.07) is 9.28. The smallest absolute Gasteiger partial charge is 0.331 e. The molecule has 6 heteroatoms. The molecule has 4 atom stereocenters. The normalized spacial score (nSPS) is 27.0. The Morgan fingerprint density at radius 3 is 2.58 bits per heavy atom. The maximum absolute atomic E-state index is 12.2. The molecule has 1 fully saturated rings. The summed E-state index contributed by atoms with van der Waals surface area (Å²) in [5.74, 6) is -3.26. The fraction of sp³-hybridized carbons (Fsp3) is 0.350. The summed E-state index contributed by atoms with van der Waals surface area (Å²) in [6.45, 7) is 1.98. The Morgan fingerprint density at radius 1 is 1.19 bits per heavy atom. The van der Waals surface area contributed by atoms with Crippen LogP contribution in [-0.4, -0.2) is 37.7 Å². The average Bonchev–Trinajstić information content (AvgIpc) is 2.88. The zero-order chi connectivity index (χ0) is 18.7. The van der Waals surface area contributed by atoms with Crippen LogP contribution in [0, 0.1) is 17.8 Å². The third-order valence-electron chi connectivity index (χ3n) is 4.64. The Labute approximate surface area is 151 Å². The second-order valence-corrected chi connectivity index (χ2v) is 6.10. The van der Waals surface area contributed by atoms with E-state index in [1.54, 1.807) is 13.0 Å². The first kappa shape index (κ1) is 17.9. The third kappa shape index (κ3) is 3.27. The average molecular weight is 356 g/mol. The molecule has 0 spiro atoms. The number of carbonyl (C=O) groups is 3. The molecule has 6 nitrogen and oxygen atoms in total. The van der Waals surface area contributed by atoms with Gasteiger partial charge in [0, 0.05) is 12.0 Å². The number of rotatable bonds is 5. The third-order valence-corrected chi connectivity index (χ3v) is 4.64. The van der Waals surface area contributed by atoms with E-state index >= 15 is 0 Å². The van der Waals surface area contributed by atoms with Gasteiger partial charge in [0.15, 0.2) is 0 Å². The molecule has 0 N–H and O–H groups in total. The lowest BCUT2D eigenvalue weighted by Gasteiger charge is -2.29. The molecule has 0 unspecified atom stereocenters. The summed E-state index contributed by atoms with van der Waals surface area (Å²) in [4.78, 5) is 36.4. The number of carbonyl (C=O) groups excluding carboxylic acids is 3. The van der Waals surface area contributed by atoms with Crippen molar-refractivity contribution in [1.29, 1.82) is 0 Å². The molecular formula is C20H20O6. The van der Waals surface area contributed by atoms with Gasteiger partial charge in [0.2, 0.25) is 0 Å². The van der Waals surface area contributed by atoms with Crippen molar-refractivity contribution >= 4 is 23.5 Å². The van der Waals surface area contributed by atoms with Crippen LogP contribution < -0.4 is 0 Å². The molecule has 2 bridgehead atoms. The van der Waals surface area contributed by atoms with Gasteiger partial charge in [-0.25, -0.2) is 4.79 Å². The minimum Gasteiger partial charge on any atom is -0.469 e. The molecule has 0 aromatic heterocycles. The van der Waals surface area contributed by atoms with Gasteiger partial charge in [-0.3, -0.25) is 9.59 Å². The van der Waals surface area contributed by atoms with E-state index in [2.05, 4.69) is 0 Å². The van der Waals surface area contributed by atoms with Gasteiger partial charge in [0.1, 0.15) is 12.0 Å². The fourth-order valence-electron chi connectivity index (χ4n) is 3.49. The van der Waals surface area contributed by atoms with E-state index in [1.807, 2.05) is 36.4 Å². The van der Waals surface area contributed by atoms with Crippen molar-refractivity contribution in [2.75, 3.05) is 13.7 Å². The number of methoxy groups -OCH3 is 1. The van der Waals surface area contributed by atoms with Gasteiger partial charge in [-0.1, -0.05) is 42.5 Å². The van der Waals surface area contributed by atoms with Gasteiger partial charge >= 0.3 is 17.9 Å². The molecule has 1 saturated heterocycles. The number of fused-ring (bicyclic) bond motifs is 2. The molecule has 0 amide bonds. The molecule has 1 aromatic rings. The molecule has 26 heavy (non-hydrogen) atoms. The fourth-order valence-corrected chi connectivity index (χ4v) is 3.49. The van der Waals surface area contributed by atoms with E-state index in [0.29, 0.717) is 5.57 Å². The number of ether oxygens (including phenoxy) is 3. The number of hydrogen-bond donors (Lipinski definition) is 0.